The largest absolute Gasteiger partial charge is 0.375 e. The summed E-state index contributed by atoms with van der Waals surface area (Å²) in [5.74, 6) is -0.0911. The van der Waals surface area contributed by atoms with E-state index in [1.165, 1.54) is 0 Å². The first kappa shape index (κ1) is 15.3. The number of nitrogens with two attached hydrogens (primary N) is 1. The SMILES string of the molecule is CN(C(=O)CCOCC(F)F)C1CCCCC1N. The summed E-state index contributed by atoms with van der Waals surface area (Å²) in [5.41, 5.74) is 5.99. The van der Waals surface area contributed by atoms with Gasteiger partial charge in [-0.3, -0.25) is 4.79 Å². The van der Waals surface area contributed by atoms with Gasteiger partial charge in [-0.2, -0.15) is 0 Å². The van der Waals surface area contributed by atoms with Gasteiger partial charge in [0.1, 0.15) is 6.61 Å². The van der Waals surface area contributed by atoms with Gasteiger partial charge in [-0.15, -0.1) is 0 Å². The summed E-state index contributed by atoms with van der Waals surface area (Å²) < 4.78 is 28.3. The highest BCUT2D eigenvalue weighted by Crippen LogP contribution is 2.21. The summed E-state index contributed by atoms with van der Waals surface area (Å²) in [6.07, 6.45) is 1.69. The standard InChI is InChI=1S/C12H22F2N2O2/c1-16(10-5-3-2-4-9(10)15)12(17)6-7-18-8-11(13)14/h9-11H,2-8,15H2,1H3. The molecule has 1 aliphatic carbocycles. The fourth-order valence-corrected chi connectivity index (χ4v) is 2.31. The minimum absolute atomic E-state index is 0.0229. The Kier molecular flexibility index (Phi) is 6.49. The van der Waals surface area contributed by atoms with Gasteiger partial charge in [-0.05, 0) is 12.8 Å². The number of halogens is 2. The van der Waals surface area contributed by atoms with Crippen molar-refractivity contribution in [1.29, 1.82) is 0 Å². The van der Waals surface area contributed by atoms with Gasteiger partial charge in [0.05, 0.1) is 13.0 Å². The Bertz CT molecular complexity index is 264. The highest BCUT2D eigenvalue weighted by atomic mass is 19.3. The summed E-state index contributed by atoms with van der Waals surface area (Å²) in [7, 11) is 1.73. The van der Waals surface area contributed by atoms with Crippen LogP contribution < -0.4 is 5.73 Å². The van der Waals surface area contributed by atoms with Crippen molar-refractivity contribution in [1.82, 2.24) is 4.90 Å². The third-order valence-electron chi connectivity index (χ3n) is 3.38. The van der Waals surface area contributed by atoms with Gasteiger partial charge in [-0.1, -0.05) is 12.8 Å². The number of hydrogen-bond donors (Lipinski definition) is 1. The van der Waals surface area contributed by atoms with Gasteiger partial charge in [0.2, 0.25) is 5.91 Å². The van der Waals surface area contributed by atoms with Crippen LogP contribution in [-0.4, -0.2) is 49.6 Å². The lowest BCUT2D eigenvalue weighted by Gasteiger charge is -2.36. The van der Waals surface area contributed by atoms with Crippen molar-refractivity contribution in [3.63, 3.8) is 0 Å². The predicted molar refractivity (Wildman–Crippen MR) is 64.4 cm³/mol. The molecule has 4 nitrogen and oxygen atoms in total. The van der Waals surface area contributed by atoms with E-state index in [4.69, 9.17) is 10.5 Å². The molecule has 0 saturated heterocycles. The molecule has 1 amide bonds. The summed E-state index contributed by atoms with van der Waals surface area (Å²) in [5, 5.41) is 0. The number of likely N-dealkylation sites (N-methyl/N-ethyl adjacent to an activating group) is 1. The van der Waals surface area contributed by atoms with Gasteiger partial charge in [-0.25, -0.2) is 8.78 Å². The van der Waals surface area contributed by atoms with Crippen LogP contribution in [0.15, 0.2) is 0 Å². The molecule has 0 aromatic carbocycles. The van der Waals surface area contributed by atoms with Crippen LogP contribution in [0.25, 0.3) is 0 Å². The molecule has 1 saturated carbocycles. The topological polar surface area (TPSA) is 55.6 Å². The first-order valence-electron chi connectivity index (χ1n) is 6.39. The number of carbonyl (C=O) groups excluding carboxylic acids is 1. The Morgan fingerprint density at radius 2 is 2.11 bits per heavy atom. The lowest BCUT2D eigenvalue weighted by molar-refractivity contribution is -0.134. The van der Waals surface area contributed by atoms with E-state index in [1.807, 2.05) is 0 Å². The molecule has 1 fully saturated rings. The van der Waals surface area contributed by atoms with Crippen LogP contribution in [0.2, 0.25) is 0 Å². The molecule has 18 heavy (non-hydrogen) atoms. The third kappa shape index (κ3) is 4.86. The molecule has 0 bridgehead atoms. The van der Waals surface area contributed by atoms with Crippen molar-refractivity contribution in [3.8, 4) is 0 Å². The minimum atomic E-state index is -2.48. The normalized spacial score (nSPS) is 24.3. The monoisotopic (exact) mass is 264 g/mol. The number of carbonyl (C=O) groups is 1. The molecule has 106 valence electrons. The van der Waals surface area contributed by atoms with Crippen molar-refractivity contribution in [2.24, 2.45) is 5.73 Å². The maximum atomic E-state index is 11.8. The highest BCUT2D eigenvalue weighted by Gasteiger charge is 2.27. The fourth-order valence-electron chi connectivity index (χ4n) is 2.31. The van der Waals surface area contributed by atoms with Crippen molar-refractivity contribution in [2.75, 3.05) is 20.3 Å². The molecule has 0 aromatic rings. The second-order valence-electron chi connectivity index (χ2n) is 4.74. The molecule has 0 aromatic heterocycles. The van der Waals surface area contributed by atoms with Gasteiger partial charge in [0, 0.05) is 19.1 Å². The van der Waals surface area contributed by atoms with Crippen LogP contribution in [0.4, 0.5) is 8.78 Å². The number of rotatable bonds is 6. The Hall–Kier alpha value is -0.750. The molecule has 1 aliphatic rings. The zero-order valence-electron chi connectivity index (χ0n) is 10.8. The molecule has 0 heterocycles. The molecule has 6 heteroatoms. The number of amides is 1. The van der Waals surface area contributed by atoms with Crippen LogP contribution >= 0.6 is 0 Å². The zero-order valence-corrected chi connectivity index (χ0v) is 10.8. The Morgan fingerprint density at radius 3 is 2.72 bits per heavy atom. The summed E-state index contributed by atoms with van der Waals surface area (Å²) >= 11 is 0. The molecule has 1 rings (SSSR count). The van der Waals surface area contributed by atoms with Gasteiger partial charge < -0.3 is 15.4 Å². The van der Waals surface area contributed by atoms with E-state index in [9.17, 15) is 13.6 Å². The second-order valence-corrected chi connectivity index (χ2v) is 4.74. The first-order chi connectivity index (χ1) is 8.52. The number of hydrogen-bond acceptors (Lipinski definition) is 3. The zero-order chi connectivity index (χ0) is 13.5. The van der Waals surface area contributed by atoms with Gasteiger partial charge in [0.15, 0.2) is 0 Å². The molecule has 0 radical (unpaired) electrons. The average Bonchev–Trinajstić information content (AvgIpc) is 2.34. The lowest BCUT2D eigenvalue weighted by atomic mass is 9.90. The molecular formula is C12H22F2N2O2. The van der Waals surface area contributed by atoms with Crippen LogP contribution in [0.1, 0.15) is 32.1 Å². The van der Waals surface area contributed by atoms with Gasteiger partial charge in [0.25, 0.3) is 6.43 Å². The first-order valence-corrected chi connectivity index (χ1v) is 6.39. The van der Waals surface area contributed by atoms with Crippen LogP contribution in [0, 0.1) is 0 Å². The molecule has 0 aliphatic heterocycles. The second kappa shape index (κ2) is 7.63. The predicted octanol–water partition coefficient (Wildman–Crippen LogP) is 1.39. The molecular weight excluding hydrogens is 242 g/mol. The van der Waals surface area contributed by atoms with Crippen molar-refractivity contribution in [2.45, 2.75) is 50.6 Å². The summed E-state index contributed by atoms with van der Waals surface area (Å²) in [4.78, 5) is 13.5. The smallest absolute Gasteiger partial charge is 0.261 e. The van der Waals surface area contributed by atoms with E-state index in [-0.39, 0.29) is 31.0 Å². The molecule has 0 spiro atoms. The van der Waals surface area contributed by atoms with Crippen molar-refractivity contribution >= 4 is 5.91 Å². The third-order valence-corrected chi connectivity index (χ3v) is 3.38. The van der Waals surface area contributed by atoms with E-state index >= 15 is 0 Å². The highest BCUT2D eigenvalue weighted by molar-refractivity contribution is 5.76. The van der Waals surface area contributed by atoms with Crippen molar-refractivity contribution < 1.29 is 18.3 Å². The maximum Gasteiger partial charge on any atom is 0.261 e. The minimum Gasteiger partial charge on any atom is -0.375 e. The Morgan fingerprint density at radius 1 is 1.44 bits per heavy atom. The summed E-state index contributed by atoms with van der Waals surface area (Å²) in [6, 6.07) is 0.0935. The van der Waals surface area contributed by atoms with Gasteiger partial charge >= 0.3 is 0 Å². The number of alkyl halides is 2. The Balaban J connectivity index is 2.27. The lowest BCUT2D eigenvalue weighted by Crippen LogP contribution is -2.50. The number of nitrogens with zero attached hydrogens (tertiary/aromatic N) is 1. The van der Waals surface area contributed by atoms with Crippen LogP contribution in [-0.2, 0) is 9.53 Å². The Labute approximate surface area is 106 Å². The van der Waals surface area contributed by atoms with E-state index in [0.29, 0.717) is 0 Å². The van der Waals surface area contributed by atoms with E-state index in [2.05, 4.69) is 0 Å². The van der Waals surface area contributed by atoms with E-state index in [0.717, 1.165) is 25.7 Å². The quantitative estimate of drug-likeness (QED) is 0.737. The fraction of sp³-hybridized carbons (Fsp3) is 0.917. The van der Waals surface area contributed by atoms with Crippen LogP contribution in [0.5, 0.6) is 0 Å². The van der Waals surface area contributed by atoms with E-state index < -0.39 is 13.0 Å². The number of ether oxygens (including phenoxy) is 1. The molecule has 2 unspecified atom stereocenters. The maximum absolute atomic E-state index is 11.8. The average molecular weight is 264 g/mol. The van der Waals surface area contributed by atoms with Crippen LogP contribution in [0.3, 0.4) is 0 Å². The molecule has 2 atom stereocenters. The molecule has 2 N–H and O–H groups in total. The van der Waals surface area contributed by atoms with E-state index in [1.54, 1.807) is 11.9 Å². The summed E-state index contributed by atoms with van der Waals surface area (Å²) in [6.45, 7) is -0.574. The van der Waals surface area contributed by atoms with Crippen molar-refractivity contribution in [3.05, 3.63) is 0 Å².